The van der Waals surface area contributed by atoms with Gasteiger partial charge in [-0.1, -0.05) is 18.2 Å². The van der Waals surface area contributed by atoms with Gasteiger partial charge >= 0.3 is 5.97 Å². The van der Waals surface area contributed by atoms with Crippen LogP contribution >= 0.6 is 0 Å². The average Bonchev–Trinajstić information content (AvgIpc) is 2.83. The van der Waals surface area contributed by atoms with Crippen LogP contribution in [0.5, 0.6) is 0 Å². The number of aromatic amines is 1. The summed E-state index contributed by atoms with van der Waals surface area (Å²) in [6, 6.07) is 6.95. The minimum absolute atomic E-state index is 0.0467. The molecule has 0 amide bonds. The summed E-state index contributed by atoms with van der Waals surface area (Å²) in [5.74, 6) is -1.24. The highest BCUT2D eigenvalue weighted by Gasteiger charge is 2.18. The van der Waals surface area contributed by atoms with Crippen molar-refractivity contribution in [2.75, 3.05) is 6.54 Å². The van der Waals surface area contributed by atoms with Gasteiger partial charge in [0.2, 0.25) is 5.82 Å². The molecule has 1 aromatic heterocycles. The predicted molar refractivity (Wildman–Crippen MR) is 59.0 cm³/mol. The Hall–Kier alpha value is -2.28. The number of aliphatic carboxylic acids is 1. The molecule has 1 atom stereocenters. The molecule has 0 aliphatic carbocycles. The van der Waals surface area contributed by atoms with E-state index in [1.54, 1.807) is 24.3 Å². The Bertz CT molecular complexity index is 511. The first-order valence-electron chi connectivity index (χ1n) is 4.99. The summed E-state index contributed by atoms with van der Waals surface area (Å²) < 4.78 is 0. The highest BCUT2D eigenvalue weighted by atomic mass is 16.4. The van der Waals surface area contributed by atoms with Crippen molar-refractivity contribution in [3.05, 3.63) is 29.8 Å². The summed E-state index contributed by atoms with van der Waals surface area (Å²) in [4.78, 5) is 11.0. The Morgan fingerprint density at radius 2 is 2.35 bits per heavy atom. The number of hydrogen-bond donors (Lipinski definition) is 3. The molecule has 0 fully saturated rings. The van der Waals surface area contributed by atoms with Crippen LogP contribution in [-0.2, 0) is 4.79 Å². The van der Waals surface area contributed by atoms with E-state index < -0.39 is 11.9 Å². The topological polar surface area (TPSA) is 118 Å². The van der Waals surface area contributed by atoms with Gasteiger partial charge in [-0.25, -0.2) is 0 Å². The monoisotopic (exact) mass is 233 g/mol. The molecular formula is C10H11N5O2. The summed E-state index contributed by atoms with van der Waals surface area (Å²) in [5, 5.41) is 22.5. The van der Waals surface area contributed by atoms with Crippen LogP contribution in [0, 0.1) is 0 Å². The van der Waals surface area contributed by atoms with Crippen LogP contribution in [0.15, 0.2) is 24.3 Å². The number of nitrogens with zero attached hydrogens (tertiary/aromatic N) is 3. The summed E-state index contributed by atoms with van der Waals surface area (Å²) in [5.41, 5.74) is 6.78. The highest BCUT2D eigenvalue weighted by Crippen LogP contribution is 2.21. The van der Waals surface area contributed by atoms with Crippen LogP contribution in [0.4, 0.5) is 0 Å². The largest absolute Gasteiger partial charge is 0.481 e. The molecule has 0 radical (unpaired) electrons. The standard InChI is InChI=1S/C10H11N5O2/c11-5-8(10(16)17)6-2-1-3-7(4-6)9-12-14-15-13-9/h1-4,8H,5,11H2,(H,16,17)(H,12,13,14,15). The maximum atomic E-state index is 11.0. The zero-order valence-electron chi connectivity index (χ0n) is 8.87. The fourth-order valence-electron chi connectivity index (χ4n) is 1.56. The Balaban J connectivity index is 2.37. The molecule has 2 aromatic rings. The molecule has 4 N–H and O–H groups in total. The van der Waals surface area contributed by atoms with Crippen molar-refractivity contribution in [1.82, 2.24) is 20.6 Å². The molecule has 1 unspecified atom stereocenters. The van der Waals surface area contributed by atoms with E-state index in [9.17, 15) is 4.79 Å². The minimum Gasteiger partial charge on any atom is -0.481 e. The zero-order chi connectivity index (χ0) is 12.3. The van der Waals surface area contributed by atoms with Gasteiger partial charge in [-0.3, -0.25) is 4.79 Å². The smallest absolute Gasteiger partial charge is 0.312 e. The van der Waals surface area contributed by atoms with Gasteiger partial charge in [0.05, 0.1) is 5.92 Å². The lowest BCUT2D eigenvalue weighted by Gasteiger charge is -2.10. The number of carboxylic acid groups (broad SMARTS) is 1. The zero-order valence-corrected chi connectivity index (χ0v) is 8.87. The first-order valence-corrected chi connectivity index (χ1v) is 4.99. The van der Waals surface area contributed by atoms with E-state index in [0.29, 0.717) is 17.0 Å². The number of hydrogen-bond acceptors (Lipinski definition) is 5. The van der Waals surface area contributed by atoms with Crippen molar-refractivity contribution < 1.29 is 9.90 Å². The number of carbonyl (C=O) groups is 1. The number of aromatic nitrogens is 4. The van der Waals surface area contributed by atoms with Crippen molar-refractivity contribution in [3.63, 3.8) is 0 Å². The van der Waals surface area contributed by atoms with Crippen molar-refractivity contribution in [2.24, 2.45) is 5.73 Å². The molecule has 1 aromatic carbocycles. The lowest BCUT2D eigenvalue weighted by atomic mass is 9.97. The van der Waals surface area contributed by atoms with Crippen molar-refractivity contribution in [3.8, 4) is 11.4 Å². The third kappa shape index (κ3) is 2.28. The number of tetrazole rings is 1. The van der Waals surface area contributed by atoms with E-state index in [4.69, 9.17) is 10.8 Å². The van der Waals surface area contributed by atoms with Gasteiger partial charge in [-0.2, -0.15) is 5.21 Å². The van der Waals surface area contributed by atoms with E-state index in [2.05, 4.69) is 20.6 Å². The molecule has 0 aliphatic rings. The number of nitrogens with two attached hydrogens (primary N) is 1. The van der Waals surface area contributed by atoms with Crippen molar-refractivity contribution >= 4 is 5.97 Å². The molecule has 0 bridgehead atoms. The van der Waals surface area contributed by atoms with Crippen LogP contribution < -0.4 is 5.73 Å². The summed E-state index contributed by atoms with van der Waals surface area (Å²) in [6.45, 7) is 0.0467. The first-order chi connectivity index (χ1) is 8.22. The molecule has 7 nitrogen and oxygen atoms in total. The van der Waals surface area contributed by atoms with Gasteiger partial charge < -0.3 is 10.8 Å². The number of H-pyrrole nitrogens is 1. The second-order valence-corrected chi connectivity index (χ2v) is 3.49. The molecule has 7 heteroatoms. The van der Waals surface area contributed by atoms with Crippen LogP contribution in [0.2, 0.25) is 0 Å². The minimum atomic E-state index is -0.947. The maximum absolute atomic E-state index is 11.0. The number of carboxylic acids is 1. The van der Waals surface area contributed by atoms with E-state index in [0.717, 1.165) is 0 Å². The second-order valence-electron chi connectivity index (χ2n) is 3.49. The molecule has 88 valence electrons. The van der Waals surface area contributed by atoms with Crippen LogP contribution in [0.3, 0.4) is 0 Å². The summed E-state index contributed by atoms with van der Waals surface area (Å²) in [6.07, 6.45) is 0. The van der Waals surface area contributed by atoms with Gasteiger partial charge in [0.15, 0.2) is 0 Å². The Kier molecular flexibility index (Phi) is 3.10. The molecular weight excluding hydrogens is 222 g/mol. The fraction of sp³-hybridized carbons (Fsp3) is 0.200. The van der Waals surface area contributed by atoms with E-state index in [-0.39, 0.29) is 6.54 Å². The summed E-state index contributed by atoms with van der Waals surface area (Å²) in [7, 11) is 0. The number of rotatable bonds is 4. The molecule has 0 saturated heterocycles. The van der Waals surface area contributed by atoms with E-state index in [1.807, 2.05) is 0 Å². The molecule has 0 aliphatic heterocycles. The van der Waals surface area contributed by atoms with Crippen LogP contribution in [0.1, 0.15) is 11.5 Å². The number of benzene rings is 1. The average molecular weight is 233 g/mol. The molecule has 0 spiro atoms. The van der Waals surface area contributed by atoms with Crippen molar-refractivity contribution in [2.45, 2.75) is 5.92 Å². The third-order valence-corrected chi connectivity index (χ3v) is 2.43. The predicted octanol–water partition coefficient (Wildman–Crippen LogP) is -0.00640. The van der Waals surface area contributed by atoms with Gasteiger partial charge in [0.1, 0.15) is 0 Å². The lowest BCUT2D eigenvalue weighted by molar-refractivity contribution is -0.138. The Morgan fingerprint density at radius 3 is 2.94 bits per heavy atom. The van der Waals surface area contributed by atoms with Gasteiger partial charge in [0.25, 0.3) is 0 Å². The van der Waals surface area contributed by atoms with Gasteiger partial charge in [-0.05, 0) is 16.8 Å². The summed E-state index contributed by atoms with van der Waals surface area (Å²) >= 11 is 0. The highest BCUT2D eigenvalue weighted by molar-refractivity contribution is 5.77. The van der Waals surface area contributed by atoms with Gasteiger partial charge in [0, 0.05) is 12.1 Å². The fourth-order valence-corrected chi connectivity index (χ4v) is 1.56. The first kappa shape index (κ1) is 11.2. The molecule has 17 heavy (non-hydrogen) atoms. The Morgan fingerprint density at radius 1 is 1.53 bits per heavy atom. The normalized spacial score (nSPS) is 12.3. The van der Waals surface area contributed by atoms with Crippen molar-refractivity contribution in [1.29, 1.82) is 0 Å². The molecule has 1 heterocycles. The maximum Gasteiger partial charge on any atom is 0.312 e. The van der Waals surface area contributed by atoms with E-state index in [1.165, 1.54) is 0 Å². The van der Waals surface area contributed by atoms with Crippen LogP contribution in [-0.4, -0.2) is 38.2 Å². The quantitative estimate of drug-likeness (QED) is 0.683. The second kappa shape index (κ2) is 4.71. The van der Waals surface area contributed by atoms with Gasteiger partial charge in [-0.15, -0.1) is 10.2 Å². The SMILES string of the molecule is NCC(C(=O)O)c1cccc(-c2nn[nH]n2)c1. The van der Waals surface area contributed by atoms with E-state index >= 15 is 0 Å². The molecule has 2 rings (SSSR count). The number of nitrogens with one attached hydrogen (secondary N) is 1. The third-order valence-electron chi connectivity index (χ3n) is 2.43. The molecule has 0 saturated carbocycles. The lowest BCUT2D eigenvalue weighted by Crippen LogP contribution is -2.21. The Labute approximate surface area is 96.7 Å². The van der Waals surface area contributed by atoms with Crippen LogP contribution in [0.25, 0.3) is 11.4 Å².